The lowest BCUT2D eigenvalue weighted by molar-refractivity contribution is -0.192. The van der Waals surface area contributed by atoms with Gasteiger partial charge in [0.1, 0.15) is 23.4 Å². The van der Waals surface area contributed by atoms with Crippen molar-refractivity contribution in [2.45, 2.75) is 25.1 Å². The summed E-state index contributed by atoms with van der Waals surface area (Å²) >= 11 is 0. The molecule has 0 radical (unpaired) electrons. The number of aromatic nitrogens is 1. The van der Waals surface area contributed by atoms with E-state index >= 15 is 0 Å². The predicted molar refractivity (Wildman–Crippen MR) is 120 cm³/mol. The van der Waals surface area contributed by atoms with E-state index in [1.165, 1.54) is 0 Å². The molecule has 0 bridgehead atoms. The first-order valence-corrected chi connectivity index (χ1v) is 10.7. The Morgan fingerprint density at radius 2 is 1.54 bits per heavy atom. The lowest BCUT2D eigenvalue weighted by atomic mass is 10.1. The number of carboxylic acids is 1. The number of nitrogens with zero attached hydrogens (tertiary/aromatic N) is 2. The third-order valence-corrected chi connectivity index (χ3v) is 4.97. The fourth-order valence-corrected chi connectivity index (χ4v) is 3.29. The van der Waals surface area contributed by atoms with Crippen LogP contribution in [0.2, 0.25) is 0 Å². The minimum atomic E-state index is -5.08. The number of amides is 1. The van der Waals surface area contributed by atoms with E-state index in [0.29, 0.717) is 24.4 Å². The zero-order valence-electron chi connectivity index (χ0n) is 18.5. The Hall–Kier alpha value is -4.08. The summed E-state index contributed by atoms with van der Waals surface area (Å²) in [5.41, 5.74) is 0.639. The molecule has 1 N–H and O–H groups in total. The van der Waals surface area contributed by atoms with Gasteiger partial charge in [-0.05, 0) is 42.5 Å². The second-order valence-electron chi connectivity index (χ2n) is 7.54. The number of benzene rings is 2. The van der Waals surface area contributed by atoms with Gasteiger partial charge in [-0.25, -0.2) is 4.79 Å². The molecule has 0 spiro atoms. The summed E-state index contributed by atoms with van der Waals surface area (Å²) in [7, 11) is 0. The van der Waals surface area contributed by atoms with Crippen LogP contribution < -0.4 is 9.47 Å². The van der Waals surface area contributed by atoms with Crippen LogP contribution in [0.3, 0.4) is 0 Å². The molecular formula is C25H23F3N2O5. The molecule has 3 aromatic rings. The summed E-state index contributed by atoms with van der Waals surface area (Å²) in [4.78, 5) is 27.7. The molecule has 1 aliphatic rings. The van der Waals surface area contributed by atoms with Crippen molar-refractivity contribution in [3.8, 4) is 17.2 Å². The lowest BCUT2D eigenvalue weighted by Gasteiger charge is -2.32. The van der Waals surface area contributed by atoms with E-state index in [0.717, 1.165) is 24.3 Å². The average molecular weight is 488 g/mol. The largest absolute Gasteiger partial charge is 0.490 e. The fraction of sp³-hybridized carbons (Fsp3) is 0.240. The number of alkyl halides is 3. The van der Waals surface area contributed by atoms with Gasteiger partial charge in [-0.15, -0.1) is 0 Å². The minimum absolute atomic E-state index is 0.0262. The molecule has 10 heteroatoms. The molecule has 0 unspecified atom stereocenters. The number of ether oxygens (including phenoxy) is 2. The van der Waals surface area contributed by atoms with E-state index in [1.54, 1.807) is 18.5 Å². The molecule has 0 aliphatic carbocycles. The van der Waals surface area contributed by atoms with Gasteiger partial charge in [0.25, 0.3) is 5.91 Å². The molecule has 0 atom stereocenters. The Morgan fingerprint density at radius 3 is 2.14 bits per heavy atom. The first kappa shape index (κ1) is 25.5. The zero-order valence-corrected chi connectivity index (χ0v) is 18.5. The Balaban J connectivity index is 0.000000429. The third-order valence-electron chi connectivity index (χ3n) is 4.97. The van der Waals surface area contributed by atoms with E-state index in [-0.39, 0.29) is 12.0 Å². The molecule has 7 nitrogen and oxygen atoms in total. The highest BCUT2D eigenvalue weighted by Gasteiger charge is 2.38. The number of para-hydroxylation sites is 1. The summed E-state index contributed by atoms with van der Waals surface area (Å²) in [5.74, 6) is -0.545. The molecule has 0 saturated carbocycles. The highest BCUT2D eigenvalue weighted by molar-refractivity contribution is 5.94. The molecule has 35 heavy (non-hydrogen) atoms. The second kappa shape index (κ2) is 11.9. The van der Waals surface area contributed by atoms with Gasteiger partial charge in [0.15, 0.2) is 0 Å². The zero-order chi connectivity index (χ0) is 25.3. The molecule has 4 rings (SSSR count). The topological polar surface area (TPSA) is 89.0 Å². The highest BCUT2D eigenvalue weighted by atomic mass is 19.4. The number of hydrogen-bond donors (Lipinski definition) is 1. The number of carbonyl (C=O) groups excluding carboxylic acids is 1. The van der Waals surface area contributed by atoms with Crippen LogP contribution in [0.1, 0.15) is 23.2 Å². The summed E-state index contributed by atoms with van der Waals surface area (Å²) in [6, 6.07) is 20.7. The molecule has 1 aliphatic heterocycles. The van der Waals surface area contributed by atoms with Crippen molar-refractivity contribution >= 4 is 11.9 Å². The maximum absolute atomic E-state index is 12.9. The van der Waals surface area contributed by atoms with E-state index in [2.05, 4.69) is 4.98 Å². The van der Waals surface area contributed by atoms with Crippen LogP contribution in [0.25, 0.3) is 0 Å². The van der Waals surface area contributed by atoms with Crippen molar-refractivity contribution in [3.05, 3.63) is 84.7 Å². The van der Waals surface area contributed by atoms with E-state index in [4.69, 9.17) is 19.4 Å². The van der Waals surface area contributed by atoms with Gasteiger partial charge in [0, 0.05) is 37.7 Å². The smallest absolute Gasteiger partial charge is 0.489 e. The van der Waals surface area contributed by atoms with Gasteiger partial charge in [-0.2, -0.15) is 13.2 Å². The molecule has 2 heterocycles. The maximum Gasteiger partial charge on any atom is 0.490 e. The highest BCUT2D eigenvalue weighted by Crippen LogP contribution is 2.24. The van der Waals surface area contributed by atoms with Crippen LogP contribution >= 0.6 is 0 Å². The summed E-state index contributed by atoms with van der Waals surface area (Å²) in [6.45, 7) is 1.35. The van der Waals surface area contributed by atoms with Crippen molar-refractivity contribution < 1.29 is 37.3 Å². The first-order valence-electron chi connectivity index (χ1n) is 10.7. The summed E-state index contributed by atoms with van der Waals surface area (Å²) < 4.78 is 43.5. The minimum Gasteiger partial charge on any atom is -0.489 e. The average Bonchev–Trinajstić information content (AvgIpc) is 2.85. The van der Waals surface area contributed by atoms with Gasteiger partial charge in [0.2, 0.25) is 0 Å². The van der Waals surface area contributed by atoms with E-state index < -0.39 is 12.1 Å². The van der Waals surface area contributed by atoms with Gasteiger partial charge >= 0.3 is 12.1 Å². The Morgan fingerprint density at radius 1 is 0.914 bits per heavy atom. The third kappa shape index (κ3) is 8.02. The summed E-state index contributed by atoms with van der Waals surface area (Å²) in [5, 5.41) is 7.12. The fourth-order valence-electron chi connectivity index (χ4n) is 3.29. The van der Waals surface area contributed by atoms with Crippen molar-refractivity contribution in [1.29, 1.82) is 0 Å². The maximum atomic E-state index is 12.9. The van der Waals surface area contributed by atoms with Crippen LogP contribution in [0.15, 0.2) is 79.1 Å². The van der Waals surface area contributed by atoms with Crippen molar-refractivity contribution in [2.24, 2.45) is 0 Å². The van der Waals surface area contributed by atoms with Crippen LogP contribution in [-0.4, -0.2) is 52.2 Å². The molecule has 1 saturated heterocycles. The molecule has 2 aromatic carbocycles. The number of aliphatic carboxylic acids is 1. The van der Waals surface area contributed by atoms with E-state index in [9.17, 15) is 18.0 Å². The standard InChI is InChI=1S/C23H22N2O3.C2HF3O2/c26-23(18-6-4-9-21(16-18)27-19-7-2-1-3-8-19)25-14-11-20(12-15-25)28-22-10-5-13-24-17-22;3-2(4,5)1(6)7/h1-10,13,16-17,20H,11-12,14-15H2;(H,6,7). The van der Waals surface area contributed by atoms with Gasteiger partial charge in [0.05, 0.1) is 6.20 Å². The van der Waals surface area contributed by atoms with Crippen LogP contribution in [-0.2, 0) is 4.79 Å². The van der Waals surface area contributed by atoms with Gasteiger partial charge < -0.3 is 19.5 Å². The molecule has 1 amide bonds. The molecular weight excluding hydrogens is 465 g/mol. The number of rotatable bonds is 5. The SMILES string of the molecule is O=C(O)C(F)(F)F.O=C(c1cccc(Oc2ccccc2)c1)N1CCC(Oc2cccnc2)CC1. The van der Waals surface area contributed by atoms with Crippen molar-refractivity contribution in [2.75, 3.05) is 13.1 Å². The molecule has 184 valence electrons. The predicted octanol–water partition coefficient (Wildman–Crippen LogP) is 5.19. The number of hydrogen-bond acceptors (Lipinski definition) is 5. The summed E-state index contributed by atoms with van der Waals surface area (Å²) in [6.07, 6.45) is 0.0854. The number of piperidine rings is 1. The Kier molecular flexibility index (Phi) is 8.66. The number of halogens is 3. The Labute approximate surface area is 199 Å². The van der Waals surface area contributed by atoms with Gasteiger partial charge in [-0.1, -0.05) is 24.3 Å². The van der Waals surface area contributed by atoms with Gasteiger partial charge in [-0.3, -0.25) is 9.78 Å². The second-order valence-corrected chi connectivity index (χ2v) is 7.54. The van der Waals surface area contributed by atoms with Crippen molar-refractivity contribution in [1.82, 2.24) is 9.88 Å². The number of carboxylic acid groups (broad SMARTS) is 1. The van der Waals surface area contributed by atoms with Crippen LogP contribution in [0.4, 0.5) is 13.2 Å². The number of carbonyl (C=O) groups is 2. The number of pyridine rings is 1. The normalized spacial score (nSPS) is 13.9. The van der Waals surface area contributed by atoms with E-state index in [1.807, 2.05) is 65.6 Å². The molecule has 1 fully saturated rings. The lowest BCUT2D eigenvalue weighted by Crippen LogP contribution is -2.41. The van der Waals surface area contributed by atoms with Crippen molar-refractivity contribution in [3.63, 3.8) is 0 Å². The quantitative estimate of drug-likeness (QED) is 0.532. The van der Waals surface area contributed by atoms with Crippen LogP contribution in [0.5, 0.6) is 17.2 Å². The molecule has 1 aromatic heterocycles. The monoisotopic (exact) mass is 488 g/mol. The Bertz CT molecular complexity index is 1100. The number of likely N-dealkylation sites (tertiary alicyclic amines) is 1. The first-order chi connectivity index (χ1) is 16.7. The van der Waals surface area contributed by atoms with Crippen LogP contribution in [0, 0.1) is 0 Å².